The molecule has 0 aliphatic rings. The molecule has 1 unspecified atom stereocenters. The maximum absolute atomic E-state index is 12.3. The molecular formula is C15H24N2OS. The summed E-state index contributed by atoms with van der Waals surface area (Å²) in [6, 6.07) is 6.08. The standard InChI is InChI=1S/C15H24N2OS/c1-5-19-9-8-12(3)17-15(18)13-10-11(2)6-7-14(13)16-4/h6-7,10,12,16H,5,8-9H2,1-4H3,(H,17,18). The van der Waals surface area contributed by atoms with Crippen LogP contribution >= 0.6 is 11.8 Å². The second-order valence-electron chi connectivity index (χ2n) is 4.66. The minimum Gasteiger partial charge on any atom is -0.387 e. The number of thioether (sulfide) groups is 1. The van der Waals surface area contributed by atoms with Crippen molar-refractivity contribution in [3.63, 3.8) is 0 Å². The van der Waals surface area contributed by atoms with Crippen molar-refractivity contribution >= 4 is 23.4 Å². The summed E-state index contributed by atoms with van der Waals surface area (Å²) in [7, 11) is 1.84. The van der Waals surface area contributed by atoms with Gasteiger partial charge >= 0.3 is 0 Å². The van der Waals surface area contributed by atoms with Crippen LogP contribution < -0.4 is 10.6 Å². The number of amides is 1. The Morgan fingerprint density at radius 2 is 2.16 bits per heavy atom. The predicted molar refractivity (Wildman–Crippen MR) is 85.3 cm³/mol. The molecule has 0 saturated heterocycles. The van der Waals surface area contributed by atoms with Gasteiger partial charge in [0.1, 0.15) is 0 Å². The van der Waals surface area contributed by atoms with E-state index in [1.165, 1.54) is 0 Å². The summed E-state index contributed by atoms with van der Waals surface area (Å²) in [5, 5.41) is 6.13. The Kier molecular flexibility index (Phi) is 6.78. The molecule has 1 aromatic rings. The molecule has 1 amide bonds. The van der Waals surface area contributed by atoms with Gasteiger partial charge < -0.3 is 10.6 Å². The van der Waals surface area contributed by atoms with Crippen LogP contribution in [0.3, 0.4) is 0 Å². The number of hydrogen-bond acceptors (Lipinski definition) is 3. The Morgan fingerprint density at radius 1 is 1.42 bits per heavy atom. The van der Waals surface area contributed by atoms with Gasteiger partial charge in [0, 0.05) is 18.8 Å². The average Bonchev–Trinajstić information content (AvgIpc) is 2.39. The van der Waals surface area contributed by atoms with Crippen LogP contribution in [-0.2, 0) is 0 Å². The molecule has 0 heterocycles. The van der Waals surface area contributed by atoms with Crippen molar-refractivity contribution in [3.8, 4) is 0 Å². The molecule has 0 aliphatic heterocycles. The average molecular weight is 280 g/mol. The number of carbonyl (C=O) groups is 1. The van der Waals surface area contributed by atoms with Crippen molar-refractivity contribution in [1.29, 1.82) is 0 Å². The van der Waals surface area contributed by atoms with E-state index in [1.54, 1.807) is 0 Å². The van der Waals surface area contributed by atoms with Crippen molar-refractivity contribution in [1.82, 2.24) is 5.32 Å². The van der Waals surface area contributed by atoms with E-state index in [2.05, 4.69) is 24.5 Å². The number of nitrogens with one attached hydrogen (secondary N) is 2. The summed E-state index contributed by atoms with van der Waals surface area (Å²) in [6.07, 6.45) is 1.00. The normalized spacial score (nSPS) is 12.0. The predicted octanol–water partition coefficient (Wildman–Crippen LogP) is 3.30. The third-order valence-corrected chi connectivity index (χ3v) is 3.90. The molecule has 0 radical (unpaired) electrons. The van der Waals surface area contributed by atoms with Crippen molar-refractivity contribution in [2.24, 2.45) is 0 Å². The first kappa shape index (κ1) is 15.9. The fraction of sp³-hybridized carbons (Fsp3) is 0.533. The Morgan fingerprint density at radius 3 is 2.79 bits per heavy atom. The molecular weight excluding hydrogens is 256 g/mol. The summed E-state index contributed by atoms with van der Waals surface area (Å²) in [6.45, 7) is 6.21. The fourth-order valence-electron chi connectivity index (χ4n) is 1.84. The van der Waals surface area contributed by atoms with Crippen LogP contribution in [0.4, 0.5) is 5.69 Å². The zero-order chi connectivity index (χ0) is 14.3. The van der Waals surface area contributed by atoms with Gasteiger partial charge in [0.25, 0.3) is 5.91 Å². The first-order chi connectivity index (χ1) is 9.08. The SMILES string of the molecule is CCSCCC(C)NC(=O)c1cc(C)ccc1NC. The molecule has 0 bridgehead atoms. The van der Waals surface area contributed by atoms with E-state index in [0.717, 1.165) is 34.7 Å². The second-order valence-corrected chi connectivity index (χ2v) is 6.05. The fourth-order valence-corrected chi connectivity index (χ4v) is 2.65. The largest absolute Gasteiger partial charge is 0.387 e. The molecule has 2 N–H and O–H groups in total. The van der Waals surface area contributed by atoms with Crippen LogP contribution in [-0.4, -0.2) is 30.5 Å². The number of benzene rings is 1. The summed E-state index contributed by atoms with van der Waals surface area (Å²) in [5.74, 6) is 2.22. The lowest BCUT2D eigenvalue weighted by molar-refractivity contribution is 0.0940. The van der Waals surface area contributed by atoms with Crippen molar-refractivity contribution in [2.45, 2.75) is 33.2 Å². The van der Waals surface area contributed by atoms with Gasteiger partial charge in [-0.2, -0.15) is 11.8 Å². The molecule has 19 heavy (non-hydrogen) atoms. The van der Waals surface area contributed by atoms with Crippen LogP contribution in [0.2, 0.25) is 0 Å². The zero-order valence-corrected chi connectivity index (χ0v) is 13.1. The molecule has 0 aromatic heterocycles. The molecule has 1 rings (SSSR count). The first-order valence-electron chi connectivity index (χ1n) is 6.75. The Hall–Kier alpha value is -1.16. The molecule has 0 aliphatic carbocycles. The van der Waals surface area contributed by atoms with E-state index in [0.29, 0.717) is 0 Å². The summed E-state index contributed by atoms with van der Waals surface area (Å²) < 4.78 is 0. The van der Waals surface area contributed by atoms with Gasteiger partial charge in [0.05, 0.1) is 5.56 Å². The molecule has 1 aromatic carbocycles. The lowest BCUT2D eigenvalue weighted by atomic mass is 10.1. The van der Waals surface area contributed by atoms with E-state index in [-0.39, 0.29) is 11.9 Å². The van der Waals surface area contributed by atoms with Crippen LogP contribution in [0.1, 0.15) is 36.2 Å². The van der Waals surface area contributed by atoms with Crippen molar-refractivity contribution in [2.75, 3.05) is 23.9 Å². The Labute approximate surface area is 120 Å². The van der Waals surface area contributed by atoms with Crippen molar-refractivity contribution in [3.05, 3.63) is 29.3 Å². The smallest absolute Gasteiger partial charge is 0.253 e. The van der Waals surface area contributed by atoms with Gasteiger partial charge in [0.15, 0.2) is 0 Å². The highest BCUT2D eigenvalue weighted by Crippen LogP contribution is 2.17. The van der Waals surface area contributed by atoms with E-state index in [9.17, 15) is 4.79 Å². The van der Waals surface area contributed by atoms with Crippen LogP contribution in [0.15, 0.2) is 18.2 Å². The molecule has 4 heteroatoms. The number of hydrogen-bond donors (Lipinski definition) is 2. The van der Waals surface area contributed by atoms with Crippen LogP contribution in [0.5, 0.6) is 0 Å². The van der Waals surface area contributed by atoms with E-state index < -0.39 is 0 Å². The Bertz CT molecular complexity index is 421. The molecule has 0 saturated carbocycles. The van der Waals surface area contributed by atoms with E-state index in [1.807, 2.05) is 43.9 Å². The molecule has 1 atom stereocenters. The minimum atomic E-state index is 0.00190. The lowest BCUT2D eigenvalue weighted by Crippen LogP contribution is -2.33. The van der Waals surface area contributed by atoms with Gasteiger partial charge in [-0.15, -0.1) is 0 Å². The van der Waals surface area contributed by atoms with Gasteiger partial charge in [-0.1, -0.05) is 18.6 Å². The maximum atomic E-state index is 12.3. The molecule has 0 spiro atoms. The zero-order valence-electron chi connectivity index (χ0n) is 12.2. The van der Waals surface area contributed by atoms with E-state index in [4.69, 9.17) is 0 Å². The quantitative estimate of drug-likeness (QED) is 0.753. The third kappa shape index (κ3) is 5.15. The number of anilines is 1. The van der Waals surface area contributed by atoms with Gasteiger partial charge in [0.2, 0.25) is 0 Å². The second kappa shape index (κ2) is 8.10. The van der Waals surface area contributed by atoms with Gasteiger partial charge in [-0.05, 0) is 43.9 Å². The number of aryl methyl sites for hydroxylation is 1. The molecule has 106 valence electrons. The van der Waals surface area contributed by atoms with Crippen LogP contribution in [0, 0.1) is 6.92 Å². The molecule has 3 nitrogen and oxygen atoms in total. The summed E-state index contributed by atoms with van der Waals surface area (Å²) in [5.41, 5.74) is 2.69. The number of carbonyl (C=O) groups excluding carboxylic acids is 1. The van der Waals surface area contributed by atoms with Gasteiger partial charge in [-0.25, -0.2) is 0 Å². The first-order valence-corrected chi connectivity index (χ1v) is 7.91. The highest BCUT2D eigenvalue weighted by molar-refractivity contribution is 7.99. The maximum Gasteiger partial charge on any atom is 0.253 e. The summed E-state index contributed by atoms with van der Waals surface area (Å²) >= 11 is 1.91. The third-order valence-electron chi connectivity index (χ3n) is 2.97. The number of rotatable bonds is 7. The highest BCUT2D eigenvalue weighted by atomic mass is 32.2. The minimum absolute atomic E-state index is 0.00190. The topological polar surface area (TPSA) is 41.1 Å². The highest BCUT2D eigenvalue weighted by Gasteiger charge is 2.13. The summed E-state index contributed by atoms with van der Waals surface area (Å²) in [4.78, 5) is 12.3. The Balaban J connectivity index is 2.64. The van der Waals surface area contributed by atoms with Crippen LogP contribution in [0.25, 0.3) is 0 Å². The lowest BCUT2D eigenvalue weighted by Gasteiger charge is -2.15. The van der Waals surface area contributed by atoms with Crippen molar-refractivity contribution < 1.29 is 4.79 Å². The molecule has 0 fully saturated rings. The van der Waals surface area contributed by atoms with Gasteiger partial charge in [-0.3, -0.25) is 4.79 Å². The van der Waals surface area contributed by atoms with E-state index >= 15 is 0 Å². The monoisotopic (exact) mass is 280 g/mol.